The lowest BCUT2D eigenvalue weighted by Crippen LogP contribution is -2.27. The first-order valence-corrected chi connectivity index (χ1v) is 9.10. The van der Waals surface area contributed by atoms with Crippen molar-refractivity contribution < 1.29 is 14.6 Å². The molecule has 0 bridgehead atoms. The quantitative estimate of drug-likeness (QED) is 0.592. The minimum Gasteiger partial charge on any atom is -0.479 e. The number of carboxylic acids is 1. The second-order valence-electron chi connectivity index (χ2n) is 5.60. The summed E-state index contributed by atoms with van der Waals surface area (Å²) in [4.78, 5) is 12.5. The number of ether oxygens (including phenoxy) is 1. The summed E-state index contributed by atoms with van der Waals surface area (Å²) in [6.07, 6.45) is 0.202. The van der Waals surface area contributed by atoms with Crippen LogP contribution in [0.5, 0.6) is 5.75 Å². The molecule has 1 atom stereocenters. The summed E-state index contributed by atoms with van der Waals surface area (Å²) < 4.78 is 6.41. The fourth-order valence-corrected chi connectivity index (χ4v) is 3.56. The number of carboxylic acid groups (broad SMARTS) is 1. The summed E-state index contributed by atoms with van der Waals surface area (Å²) in [7, 11) is 0. The van der Waals surface area contributed by atoms with Crippen LogP contribution in [0.25, 0.3) is 10.4 Å². The third kappa shape index (κ3) is 4.84. The van der Waals surface area contributed by atoms with Crippen molar-refractivity contribution in [2.45, 2.75) is 18.9 Å². The van der Waals surface area contributed by atoms with Gasteiger partial charge in [0.2, 0.25) is 0 Å². The summed E-state index contributed by atoms with van der Waals surface area (Å²) in [5, 5.41) is 9.41. The maximum atomic E-state index is 11.5. The number of rotatable bonds is 7. The normalized spacial score (nSPS) is 11.9. The molecule has 0 aliphatic heterocycles. The van der Waals surface area contributed by atoms with E-state index in [0.29, 0.717) is 18.6 Å². The molecule has 1 aromatic heterocycles. The van der Waals surface area contributed by atoms with Crippen molar-refractivity contribution in [1.82, 2.24) is 0 Å². The molecule has 3 nitrogen and oxygen atoms in total. The molecule has 128 valence electrons. The largest absolute Gasteiger partial charge is 0.479 e. The van der Waals surface area contributed by atoms with Gasteiger partial charge >= 0.3 is 5.97 Å². The molecule has 0 aliphatic rings. The first-order valence-electron chi connectivity index (χ1n) is 7.91. The van der Waals surface area contributed by atoms with E-state index in [2.05, 4.69) is 0 Å². The van der Waals surface area contributed by atoms with Gasteiger partial charge in [0.25, 0.3) is 0 Å². The van der Waals surface area contributed by atoms with Gasteiger partial charge in [-0.1, -0.05) is 41.9 Å². The Kier molecular flexibility index (Phi) is 5.74. The Morgan fingerprint density at radius 3 is 2.36 bits per heavy atom. The highest BCUT2D eigenvalue weighted by Crippen LogP contribution is 2.32. The maximum Gasteiger partial charge on any atom is 0.344 e. The number of aryl methyl sites for hydroxylation is 1. The predicted molar refractivity (Wildman–Crippen MR) is 102 cm³/mol. The van der Waals surface area contributed by atoms with E-state index in [1.807, 2.05) is 54.6 Å². The Balaban J connectivity index is 1.64. The molecule has 1 N–H and O–H groups in total. The molecular formula is C20H17ClO3S. The molecule has 0 fully saturated rings. The second-order valence-corrected chi connectivity index (χ2v) is 7.31. The summed E-state index contributed by atoms with van der Waals surface area (Å²) >= 11 is 7.46. The third-order valence-electron chi connectivity index (χ3n) is 3.80. The number of benzene rings is 2. The van der Waals surface area contributed by atoms with Gasteiger partial charge in [-0.15, -0.1) is 11.3 Å². The minimum atomic E-state index is -0.954. The highest BCUT2D eigenvalue weighted by Gasteiger charge is 2.19. The molecule has 0 saturated heterocycles. The fourth-order valence-electron chi connectivity index (χ4n) is 2.51. The second kappa shape index (κ2) is 8.19. The summed E-state index contributed by atoms with van der Waals surface area (Å²) in [6, 6.07) is 21.0. The molecule has 25 heavy (non-hydrogen) atoms. The topological polar surface area (TPSA) is 46.5 Å². The number of carbonyl (C=O) groups is 1. The zero-order valence-corrected chi connectivity index (χ0v) is 15.0. The highest BCUT2D eigenvalue weighted by atomic mass is 35.5. The zero-order chi connectivity index (χ0) is 17.6. The Morgan fingerprint density at radius 2 is 1.76 bits per heavy atom. The molecule has 0 saturated carbocycles. The van der Waals surface area contributed by atoms with E-state index in [1.54, 1.807) is 12.1 Å². The van der Waals surface area contributed by atoms with Gasteiger partial charge in [-0.3, -0.25) is 0 Å². The summed E-state index contributed by atoms with van der Waals surface area (Å²) in [5.74, 6) is -0.406. The van der Waals surface area contributed by atoms with Crippen molar-refractivity contribution in [1.29, 1.82) is 0 Å². The smallest absolute Gasteiger partial charge is 0.344 e. The van der Waals surface area contributed by atoms with E-state index in [4.69, 9.17) is 16.3 Å². The van der Waals surface area contributed by atoms with Gasteiger partial charge in [0.1, 0.15) is 5.75 Å². The van der Waals surface area contributed by atoms with Gasteiger partial charge < -0.3 is 9.84 Å². The molecule has 5 heteroatoms. The van der Waals surface area contributed by atoms with E-state index < -0.39 is 12.1 Å². The number of halogens is 1. The van der Waals surface area contributed by atoms with Crippen LogP contribution in [0.15, 0.2) is 66.7 Å². The van der Waals surface area contributed by atoms with Gasteiger partial charge in [0, 0.05) is 4.88 Å². The number of hydrogen-bond acceptors (Lipinski definition) is 3. The third-order valence-corrected chi connectivity index (χ3v) is 5.08. The standard InChI is InChI=1S/C20H17ClO3S/c21-19-13-12-18(25-19)15-7-9-16(10-8-15)24-17(20(22)23)11-6-14-4-2-1-3-5-14/h1-5,7-10,12-13,17H,6,11H2,(H,22,23)/t17-/m0/s1. The molecule has 0 amide bonds. The molecule has 1 heterocycles. The van der Waals surface area contributed by atoms with Crippen LogP contribution in [-0.2, 0) is 11.2 Å². The molecular weight excluding hydrogens is 356 g/mol. The first-order chi connectivity index (χ1) is 12.1. The monoisotopic (exact) mass is 372 g/mol. The number of aliphatic carboxylic acids is 1. The van der Waals surface area contributed by atoms with Crippen molar-refractivity contribution in [2.24, 2.45) is 0 Å². The van der Waals surface area contributed by atoms with E-state index in [1.165, 1.54) is 11.3 Å². The van der Waals surface area contributed by atoms with E-state index in [9.17, 15) is 9.90 Å². The molecule has 3 rings (SSSR count). The minimum absolute atomic E-state index is 0.418. The van der Waals surface area contributed by atoms with Gasteiger partial charge in [0.15, 0.2) is 6.10 Å². The van der Waals surface area contributed by atoms with Gasteiger partial charge in [-0.05, 0) is 60.4 Å². The molecule has 0 radical (unpaired) electrons. The Hall–Kier alpha value is -2.30. The van der Waals surface area contributed by atoms with Crippen molar-refractivity contribution in [3.8, 4) is 16.2 Å². The van der Waals surface area contributed by atoms with E-state index in [-0.39, 0.29) is 0 Å². The fraction of sp³-hybridized carbons (Fsp3) is 0.150. The Morgan fingerprint density at radius 1 is 1.04 bits per heavy atom. The Labute approximate surface area is 155 Å². The SMILES string of the molecule is O=C(O)[C@H](CCc1ccccc1)Oc1ccc(-c2ccc(Cl)s2)cc1. The number of thiophene rings is 1. The molecule has 3 aromatic rings. The lowest BCUT2D eigenvalue weighted by molar-refractivity contribution is -0.145. The van der Waals surface area contributed by atoms with Gasteiger partial charge in [0.05, 0.1) is 4.34 Å². The highest BCUT2D eigenvalue weighted by molar-refractivity contribution is 7.19. The van der Waals surface area contributed by atoms with Gasteiger partial charge in [-0.25, -0.2) is 4.79 Å². The zero-order valence-electron chi connectivity index (χ0n) is 13.4. The van der Waals surface area contributed by atoms with E-state index >= 15 is 0 Å². The van der Waals surface area contributed by atoms with Crippen LogP contribution >= 0.6 is 22.9 Å². The lowest BCUT2D eigenvalue weighted by Gasteiger charge is -2.15. The van der Waals surface area contributed by atoms with Crippen LogP contribution in [0.2, 0.25) is 4.34 Å². The van der Waals surface area contributed by atoms with Crippen LogP contribution in [0.1, 0.15) is 12.0 Å². The molecule has 0 unspecified atom stereocenters. The molecule has 0 aliphatic carbocycles. The van der Waals surface area contributed by atoms with Crippen molar-refractivity contribution in [3.05, 3.63) is 76.6 Å². The first kappa shape index (κ1) is 17.5. The Bertz CT molecular complexity index is 828. The van der Waals surface area contributed by atoms with Crippen LogP contribution in [0.3, 0.4) is 0 Å². The molecule has 0 spiro atoms. The van der Waals surface area contributed by atoms with Crippen LogP contribution in [0, 0.1) is 0 Å². The van der Waals surface area contributed by atoms with Crippen molar-refractivity contribution >= 4 is 28.9 Å². The van der Waals surface area contributed by atoms with Crippen LogP contribution < -0.4 is 4.74 Å². The van der Waals surface area contributed by atoms with Gasteiger partial charge in [-0.2, -0.15) is 0 Å². The van der Waals surface area contributed by atoms with E-state index in [0.717, 1.165) is 20.3 Å². The van der Waals surface area contributed by atoms with Crippen LogP contribution in [0.4, 0.5) is 0 Å². The average Bonchev–Trinajstić information content (AvgIpc) is 3.06. The number of hydrogen-bond donors (Lipinski definition) is 1. The maximum absolute atomic E-state index is 11.5. The predicted octanol–water partition coefficient (Wildman–Crippen LogP) is 5.53. The van der Waals surface area contributed by atoms with Crippen LogP contribution in [-0.4, -0.2) is 17.2 Å². The lowest BCUT2D eigenvalue weighted by atomic mass is 10.1. The van der Waals surface area contributed by atoms with Crippen molar-refractivity contribution in [2.75, 3.05) is 0 Å². The summed E-state index contributed by atoms with van der Waals surface area (Å²) in [5.41, 5.74) is 2.13. The molecule has 2 aromatic carbocycles. The van der Waals surface area contributed by atoms with Crippen molar-refractivity contribution in [3.63, 3.8) is 0 Å². The summed E-state index contributed by atoms with van der Waals surface area (Å²) in [6.45, 7) is 0. The average molecular weight is 373 g/mol.